The number of para-hydroxylation sites is 1. The second-order valence-electron chi connectivity index (χ2n) is 16.1. The van der Waals surface area contributed by atoms with Crippen molar-refractivity contribution in [2.45, 2.75) is 0 Å². The molecule has 290 valence electrons. The zero-order valence-corrected chi connectivity index (χ0v) is 34.0. The summed E-state index contributed by atoms with van der Waals surface area (Å²) in [4.78, 5) is 2.38. The number of nitrogens with zero attached hydrogens (tertiary/aromatic N) is 2. The van der Waals surface area contributed by atoms with E-state index in [1.165, 1.54) is 87.5 Å². The predicted molar refractivity (Wildman–Crippen MR) is 264 cm³/mol. The molecule has 0 aliphatic rings. The molecule has 0 radical (unpaired) electrons. The molecule has 0 N–H and O–H groups in total. The Hall–Kier alpha value is -8.20. The summed E-state index contributed by atoms with van der Waals surface area (Å²) in [7, 11) is 0. The van der Waals surface area contributed by atoms with Gasteiger partial charge >= 0.3 is 0 Å². The van der Waals surface area contributed by atoms with Crippen molar-refractivity contribution >= 4 is 71.2 Å². The standard InChI is InChI=1S/C60H40N2/c1-3-14-41(15-4-1)45-18-13-21-51(38-45)61(50-34-28-44(29-35-50)58-39-47-17-8-9-22-52(47)54-24-11-12-25-55(54)58)49-32-26-42(27-33-49)46-31-36-56-57-37-30-43-16-7-10-23-53(43)60(57)62(59(56)40-46)48-19-5-2-6-20-48/h1-40H. The minimum Gasteiger partial charge on any atom is -0.310 e. The van der Waals surface area contributed by atoms with E-state index in [0.29, 0.717) is 0 Å². The quantitative estimate of drug-likeness (QED) is 0.146. The maximum Gasteiger partial charge on any atom is 0.0619 e. The molecule has 0 atom stereocenters. The van der Waals surface area contributed by atoms with Gasteiger partial charge in [0.05, 0.1) is 11.0 Å². The molecule has 1 aromatic heterocycles. The van der Waals surface area contributed by atoms with Gasteiger partial charge in [-0.15, -0.1) is 0 Å². The highest BCUT2D eigenvalue weighted by atomic mass is 15.1. The molecule has 0 fully saturated rings. The third kappa shape index (κ3) is 6.04. The molecule has 12 rings (SSSR count). The highest BCUT2D eigenvalue weighted by Gasteiger charge is 2.18. The van der Waals surface area contributed by atoms with Gasteiger partial charge in [-0.05, 0) is 121 Å². The second kappa shape index (κ2) is 14.8. The smallest absolute Gasteiger partial charge is 0.0619 e. The van der Waals surface area contributed by atoms with E-state index >= 15 is 0 Å². The van der Waals surface area contributed by atoms with Gasteiger partial charge in [-0.1, -0.05) is 182 Å². The maximum atomic E-state index is 2.44. The number of fused-ring (bicyclic) bond motifs is 8. The van der Waals surface area contributed by atoms with E-state index in [1.54, 1.807) is 0 Å². The van der Waals surface area contributed by atoms with Crippen molar-refractivity contribution in [1.82, 2.24) is 4.57 Å². The highest BCUT2D eigenvalue weighted by Crippen LogP contribution is 2.42. The largest absolute Gasteiger partial charge is 0.310 e. The molecule has 0 spiro atoms. The Morgan fingerprint density at radius 1 is 0.274 bits per heavy atom. The molecule has 0 saturated heterocycles. The Balaban J connectivity index is 0.974. The number of hydrogen-bond acceptors (Lipinski definition) is 1. The zero-order valence-electron chi connectivity index (χ0n) is 34.0. The van der Waals surface area contributed by atoms with Crippen LogP contribution in [0.15, 0.2) is 243 Å². The SMILES string of the molecule is c1ccc(-c2cccc(N(c3ccc(-c4ccc5c6ccc7ccccc7c6n(-c6ccccc6)c5c4)cc3)c3ccc(-c4cc5ccccc5c5ccccc45)cc3)c2)cc1. The average molecular weight is 789 g/mol. The molecule has 0 bridgehead atoms. The number of anilines is 3. The lowest BCUT2D eigenvalue weighted by atomic mass is 9.93. The lowest BCUT2D eigenvalue weighted by molar-refractivity contribution is 1.19. The summed E-state index contributed by atoms with van der Waals surface area (Å²) in [5.41, 5.74) is 14.0. The van der Waals surface area contributed by atoms with Crippen LogP contribution in [0, 0.1) is 0 Å². The van der Waals surface area contributed by atoms with Crippen molar-refractivity contribution in [2.75, 3.05) is 4.90 Å². The van der Waals surface area contributed by atoms with Crippen LogP contribution in [0.5, 0.6) is 0 Å². The van der Waals surface area contributed by atoms with E-state index in [0.717, 1.165) is 22.7 Å². The van der Waals surface area contributed by atoms with Crippen molar-refractivity contribution in [1.29, 1.82) is 0 Å². The van der Waals surface area contributed by atoms with E-state index < -0.39 is 0 Å². The molecule has 0 unspecified atom stereocenters. The summed E-state index contributed by atoms with van der Waals surface area (Å²) in [5.74, 6) is 0. The number of benzene rings is 11. The van der Waals surface area contributed by atoms with Crippen molar-refractivity contribution in [3.05, 3.63) is 243 Å². The van der Waals surface area contributed by atoms with Crippen molar-refractivity contribution in [2.24, 2.45) is 0 Å². The summed E-state index contributed by atoms with van der Waals surface area (Å²) in [6.07, 6.45) is 0. The first-order valence-electron chi connectivity index (χ1n) is 21.3. The van der Waals surface area contributed by atoms with Crippen LogP contribution >= 0.6 is 0 Å². The Labute approximate surface area is 360 Å². The van der Waals surface area contributed by atoms with Gasteiger partial charge in [-0.2, -0.15) is 0 Å². The highest BCUT2D eigenvalue weighted by molar-refractivity contribution is 6.19. The van der Waals surface area contributed by atoms with Crippen molar-refractivity contribution in [3.8, 4) is 39.1 Å². The fraction of sp³-hybridized carbons (Fsp3) is 0. The molecule has 0 saturated carbocycles. The fourth-order valence-electron chi connectivity index (χ4n) is 9.59. The number of hydrogen-bond donors (Lipinski definition) is 0. The number of rotatable bonds is 7. The summed E-state index contributed by atoms with van der Waals surface area (Å²) in [6, 6.07) is 88.4. The predicted octanol–water partition coefficient (Wildman–Crippen LogP) is 16.7. The fourth-order valence-corrected chi connectivity index (χ4v) is 9.59. The minimum atomic E-state index is 1.09. The molecular weight excluding hydrogens is 749 g/mol. The first-order chi connectivity index (χ1) is 30.7. The molecule has 0 aliphatic carbocycles. The molecule has 2 heteroatoms. The van der Waals surface area contributed by atoms with Gasteiger partial charge in [0.1, 0.15) is 0 Å². The van der Waals surface area contributed by atoms with E-state index in [2.05, 4.69) is 252 Å². The van der Waals surface area contributed by atoms with Crippen LogP contribution in [0.3, 0.4) is 0 Å². The molecule has 62 heavy (non-hydrogen) atoms. The second-order valence-corrected chi connectivity index (χ2v) is 16.1. The first kappa shape index (κ1) is 35.7. The van der Waals surface area contributed by atoms with E-state index in [1.807, 2.05) is 0 Å². The summed E-state index contributed by atoms with van der Waals surface area (Å²) in [5, 5.41) is 10.1. The Bertz CT molecular complexity index is 3600. The molecular formula is C60H40N2. The topological polar surface area (TPSA) is 8.17 Å². The molecule has 1 heterocycles. The van der Waals surface area contributed by atoms with Crippen molar-refractivity contribution < 1.29 is 0 Å². The summed E-state index contributed by atoms with van der Waals surface area (Å²) >= 11 is 0. The Morgan fingerprint density at radius 2 is 0.823 bits per heavy atom. The lowest BCUT2D eigenvalue weighted by Gasteiger charge is -2.26. The molecule has 0 amide bonds. The van der Waals surface area contributed by atoms with Crippen molar-refractivity contribution in [3.63, 3.8) is 0 Å². The van der Waals surface area contributed by atoms with E-state index in [9.17, 15) is 0 Å². The molecule has 12 aromatic rings. The third-order valence-electron chi connectivity index (χ3n) is 12.5. The monoisotopic (exact) mass is 788 g/mol. The lowest BCUT2D eigenvalue weighted by Crippen LogP contribution is -2.10. The third-order valence-corrected chi connectivity index (χ3v) is 12.5. The molecule has 11 aromatic carbocycles. The van der Waals surface area contributed by atoms with Crippen LogP contribution in [0.25, 0.3) is 93.2 Å². The zero-order chi connectivity index (χ0) is 41.0. The van der Waals surface area contributed by atoms with Gasteiger partial charge in [0.25, 0.3) is 0 Å². The van der Waals surface area contributed by atoms with Crippen LogP contribution < -0.4 is 4.90 Å². The molecule has 0 aliphatic heterocycles. The Kier molecular flexibility index (Phi) is 8.53. The van der Waals surface area contributed by atoms with Crippen LogP contribution in [0.4, 0.5) is 17.1 Å². The first-order valence-corrected chi connectivity index (χ1v) is 21.3. The van der Waals surface area contributed by atoms with E-state index in [-0.39, 0.29) is 0 Å². The van der Waals surface area contributed by atoms with Gasteiger partial charge in [0, 0.05) is 38.9 Å². The van der Waals surface area contributed by atoms with Gasteiger partial charge in [-0.25, -0.2) is 0 Å². The van der Waals surface area contributed by atoms with Gasteiger partial charge in [0.2, 0.25) is 0 Å². The summed E-state index contributed by atoms with van der Waals surface area (Å²) < 4.78 is 2.44. The normalized spacial score (nSPS) is 11.5. The molecule has 2 nitrogen and oxygen atoms in total. The van der Waals surface area contributed by atoms with Crippen LogP contribution in [0.2, 0.25) is 0 Å². The van der Waals surface area contributed by atoms with Gasteiger partial charge < -0.3 is 9.47 Å². The van der Waals surface area contributed by atoms with Crippen LogP contribution in [0.1, 0.15) is 0 Å². The Morgan fingerprint density at radius 3 is 1.58 bits per heavy atom. The van der Waals surface area contributed by atoms with E-state index in [4.69, 9.17) is 0 Å². The number of aromatic nitrogens is 1. The summed E-state index contributed by atoms with van der Waals surface area (Å²) in [6.45, 7) is 0. The average Bonchev–Trinajstić information content (AvgIpc) is 3.69. The maximum absolute atomic E-state index is 2.44. The van der Waals surface area contributed by atoms with Gasteiger partial charge in [0.15, 0.2) is 0 Å². The van der Waals surface area contributed by atoms with Crippen LogP contribution in [-0.2, 0) is 0 Å². The van der Waals surface area contributed by atoms with Crippen LogP contribution in [-0.4, -0.2) is 4.57 Å². The minimum absolute atomic E-state index is 1.09. The van der Waals surface area contributed by atoms with Gasteiger partial charge in [-0.3, -0.25) is 0 Å².